The Morgan fingerprint density at radius 3 is 0.933 bits per heavy atom. The van der Waals surface area contributed by atoms with Crippen LogP contribution in [0.2, 0.25) is 0 Å². The fraction of sp³-hybridized carbons (Fsp3) is 0. The molecule has 354 valence electrons. The highest BCUT2D eigenvalue weighted by molar-refractivity contribution is 6.11. The molecular weight excluding hydrogens is 911 g/mol. The highest BCUT2D eigenvalue weighted by Crippen LogP contribution is 2.41. The van der Waals surface area contributed by atoms with E-state index in [0.717, 1.165) is 101 Å². The molecule has 0 atom stereocenters. The summed E-state index contributed by atoms with van der Waals surface area (Å²) in [5.74, 6) is 0.698. The first-order valence-electron chi connectivity index (χ1n) is 25.4. The first kappa shape index (κ1) is 44.8. The van der Waals surface area contributed by atoms with Crippen molar-refractivity contribution in [2.45, 2.75) is 0 Å². The summed E-state index contributed by atoms with van der Waals surface area (Å²) in [6, 6.07) is 105. The van der Waals surface area contributed by atoms with Gasteiger partial charge in [-0.3, -0.25) is 0 Å². The normalized spacial score (nSPS) is 11.2. The zero-order valence-corrected chi connectivity index (χ0v) is 41.0. The molecule has 75 heavy (non-hydrogen) atoms. The fourth-order valence-corrected chi connectivity index (χ4v) is 10.3. The largest absolute Gasteiger partial charge is 0.311 e. The van der Waals surface area contributed by atoms with Gasteiger partial charge in [-0.2, -0.15) is 0 Å². The van der Waals surface area contributed by atoms with Gasteiger partial charge in [0.25, 0.3) is 0 Å². The highest BCUT2D eigenvalue weighted by atomic mass is 15.1. The van der Waals surface area contributed by atoms with E-state index in [1.54, 1.807) is 0 Å². The van der Waals surface area contributed by atoms with Crippen molar-refractivity contribution in [3.63, 3.8) is 0 Å². The minimum absolute atomic E-state index is 0.698. The molecule has 2 aromatic heterocycles. The summed E-state index contributed by atoms with van der Waals surface area (Å²) in [5, 5.41) is 2.36. The minimum atomic E-state index is 0.698. The van der Waals surface area contributed by atoms with Crippen LogP contribution in [0, 0.1) is 0 Å². The number of anilines is 6. The molecular formula is C70H49N5. The third-order valence-corrected chi connectivity index (χ3v) is 14.0. The van der Waals surface area contributed by atoms with E-state index in [1.807, 2.05) is 24.3 Å². The fourth-order valence-electron chi connectivity index (χ4n) is 10.3. The molecule has 0 bridgehead atoms. The lowest BCUT2D eigenvalue weighted by molar-refractivity contribution is 1.17. The second kappa shape index (κ2) is 19.8. The lowest BCUT2D eigenvalue weighted by atomic mass is 9.99. The number of fused-ring (bicyclic) bond motifs is 3. The van der Waals surface area contributed by atoms with Crippen molar-refractivity contribution < 1.29 is 0 Å². The molecule has 5 nitrogen and oxygen atoms in total. The predicted molar refractivity (Wildman–Crippen MR) is 313 cm³/mol. The lowest BCUT2D eigenvalue weighted by Gasteiger charge is -2.25. The molecule has 0 saturated heterocycles. The minimum Gasteiger partial charge on any atom is -0.311 e. The Balaban J connectivity index is 0.911. The summed E-state index contributed by atoms with van der Waals surface area (Å²) in [4.78, 5) is 14.8. The number of nitrogens with zero attached hydrogens (tertiary/aromatic N) is 5. The van der Waals surface area contributed by atoms with Gasteiger partial charge in [-0.1, -0.05) is 182 Å². The van der Waals surface area contributed by atoms with E-state index in [4.69, 9.17) is 9.97 Å². The van der Waals surface area contributed by atoms with Gasteiger partial charge in [0.15, 0.2) is 5.82 Å². The maximum Gasteiger partial charge on any atom is 0.160 e. The van der Waals surface area contributed by atoms with Crippen molar-refractivity contribution in [2.24, 2.45) is 0 Å². The molecule has 11 aromatic carbocycles. The molecule has 13 aromatic rings. The zero-order valence-electron chi connectivity index (χ0n) is 41.0. The van der Waals surface area contributed by atoms with Crippen LogP contribution in [0.3, 0.4) is 0 Å². The van der Waals surface area contributed by atoms with Crippen LogP contribution >= 0.6 is 0 Å². The molecule has 0 fully saturated rings. The molecule has 0 spiro atoms. The molecule has 13 rings (SSSR count). The molecule has 0 aliphatic rings. The lowest BCUT2D eigenvalue weighted by Crippen LogP contribution is -2.09. The summed E-state index contributed by atoms with van der Waals surface area (Å²) >= 11 is 0. The van der Waals surface area contributed by atoms with Crippen LogP contribution in [0.25, 0.3) is 83.6 Å². The average molecular weight is 960 g/mol. The van der Waals surface area contributed by atoms with E-state index in [2.05, 4.69) is 287 Å². The van der Waals surface area contributed by atoms with E-state index in [1.165, 1.54) is 10.8 Å². The van der Waals surface area contributed by atoms with E-state index >= 15 is 0 Å². The van der Waals surface area contributed by atoms with Crippen LogP contribution in [-0.4, -0.2) is 14.5 Å². The van der Waals surface area contributed by atoms with Gasteiger partial charge in [-0.05, 0) is 138 Å². The zero-order chi connectivity index (χ0) is 49.9. The Hall–Kier alpha value is -10.1. The number of benzene rings is 11. The summed E-state index contributed by atoms with van der Waals surface area (Å²) in [7, 11) is 0. The van der Waals surface area contributed by atoms with Gasteiger partial charge in [0.1, 0.15) is 0 Å². The summed E-state index contributed by atoms with van der Waals surface area (Å²) < 4.78 is 2.40. The first-order chi connectivity index (χ1) is 37.2. The standard InChI is InChI=1S/C70H49N5/c1-7-19-52(20-8-1)66-49-67(72-70(71-66)54-21-9-2-10-22-54)53-35-43-63(44-36-53)75-68-45-37-55(50-31-39-61(40-32-50)73(57-23-11-3-12-24-57)58-25-13-4-14-26-58)47-64(68)65-48-56(38-46-69(65)75)51-33-41-62(42-34-51)74(59-27-15-5-16-28-59)60-29-17-6-18-30-60/h1-49H. The molecule has 5 heteroatoms. The van der Waals surface area contributed by atoms with Gasteiger partial charge in [0.2, 0.25) is 0 Å². The Labute approximate surface area is 437 Å². The van der Waals surface area contributed by atoms with Crippen LogP contribution in [-0.2, 0) is 0 Å². The van der Waals surface area contributed by atoms with E-state index in [0.29, 0.717) is 5.82 Å². The Morgan fingerprint density at radius 1 is 0.240 bits per heavy atom. The summed E-state index contributed by atoms with van der Waals surface area (Å²) in [5.41, 5.74) is 19.4. The molecule has 0 radical (unpaired) electrons. The average Bonchev–Trinajstić information content (AvgIpc) is 3.83. The van der Waals surface area contributed by atoms with Gasteiger partial charge in [-0.15, -0.1) is 0 Å². The SMILES string of the molecule is c1ccc(-c2cc(-c3ccc(-n4c5ccc(-c6ccc(N(c7ccccc7)c7ccccc7)cc6)cc5c5cc(-c6ccc(N(c7ccccc7)c7ccccc7)cc6)ccc54)cc3)nc(-c3ccccc3)n2)cc1. The quantitative estimate of drug-likeness (QED) is 0.122. The van der Waals surface area contributed by atoms with E-state index < -0.39 is 0 Å². The third-order valence-electron chi connectivity index (χ3n) is 14.0. The van der Waals surface area contributed by atoms with E-state index in [-0.39, 0.29) is 0 Å². The number of hydrogen-bond acceptors (Lipinski definition) is 4. The Bertz CT molecular complexity index is 3730. The summed E-state index contributed by atoms with van der Waals surface area (Å²) in [6.45, 7) is 0. The van der Waals surface area contributed by atoms with Crippen molar-refractivity contribution in [3.05, 3.63) is 297 Å². The van der Waals surface area contributed by atoms with Crippen molar-refractivity contribution in [1.82, 2.24) is 14.5 Å². The van der Waals surface area contributed by atoms with Gasteiger partial charge < -0.3 is 14.4 Å². The maximum atomic E-state index is 5.14. The van der Waals surface area contributed by atoms with E-state index in [9.17, 15) is 0 Å². The number of para-hydroxylation sites is 4. The molecule has 2 heterocycles. The van der Waals surface area contributed by atoms with Crippen LogP contribution in [0.1, 0.15) is 0 Å². The van der Waals surface area contributed by atoms with Crippen molar-refractivity contribution in [2.75, 3.05) is 9.80 Å². The first-order valence-corrected chi connectivity index (χ1v) is 25.4. The monoisotopic (exact) mass is 959 g/mol. The second-order valence-corrected chi connectivity index (χ2v) is 18.6. The number of hydrogen-bond donors (Lipinski definition) is 0. The molecule has 0 amide bonds. The van der Waals surface area contributed by atoms with Crippen LogP contribution in [0.4, 0.5) is 34.1 Å². The van der Waals surface area contributed by atoms with Crippen LogP contribution in [0.5, 0.6) is 0 Å². The Kier molecular flexibility index (Phi) is 11.9. The third kappa shape index (κ3) is 8.90. The molecule has 0 unspecified atom stereocenters. The number of aromatic nitrogens is 3. The molecule has 0 aliphatic heterocycles. The van der Waals surface area contributed by atoms with Gasteiger partial charge in [-0.25, -0.2) is 9.97 Å². The topological polar surface area (TPSA) is 37.2 Å². The molecule has 0 saturated carbocycles. The van der Waals surface area contributed by atoms with Gasteiger partial charge >= 0.3 is 0 Å². The van der Waals surface area contributed by atoms with Gasteiger partial charge in [0, 0.05) is 67.3 Å². The van der Waals surface area contributed by atoms with Crippen molar-refractivity contribution in [3.8, 4) is 61.8 Å². The second-order valence-electron chi connectivity index (χ2n) is 18.6. The maximum absolute atomic E-state index is 5.14. The van der Waals surface area contributed by atoms with Crippen LogP contribution < -0.4 is 9.80 Å². The van der Waals surface area contributed by atoms with Gasteiger partial charge in [0.05, 0.1) is 22.4 Å². The summed E-state index contributed by atoms with van der Waals surface area (Å²) in [6.07, 6.45) is 0. The highest BCUT2D eigenvalue weighted by Gasteiger charge is 2.19. The van der Waals surface area contributed by atoms with Crippen molar-refractivity contribution in [1.29, 1.82) is 0 Å². The molecule has 0 aliphatic carbocycles. The van der Waals surface area contributed by atoms with Crippen molar-refractivity contribution >= 4 is 55.9 Å². The number of rotatable bonds is 12. The van der Waals surface area contributed by atoms with Crippen LogP contribution in [0.15, 0.2) is 297 Å². The Morgan fingerprint density at radius 2 is 0.547 bits per heavy atom. The predicted octanol–water partition coefficient (Wildman–Crippen LogP) is 18.8. The molecule has 0 N–H and O–H groups in total. The smallest absolute Gasteiger partial charge is 0.160 e.